The van der Waals surface area contributed by atoms with E-state index in [1.54, 1.807) is 16.9 Å². The van der Waals surface area contributed by atoms with Crippen LogP contribution in [-0.2, 0) is 0 Å². The van der Waals surface area contributed by atoms with E-state index >= 15 is 0 Å². The molecule has 0 unspecified atom stereocenters. The smallest absolute Gasteiger partial charge is 0.247 e. The quantitative estimate of drug-likeness (QED) is 0.866. The van der Waals surface area contributed by atoms with Crippen LogP contribution >= 0.6 is 0 Å². The highest BCUT2D eigenvalue weighted by Crippen LogP contribution is 2.18. The normalized spacial score (nSPS) is 16.3. The lowest BCUT2D eigenvalue weighted by Gasteiger charge is -2.17. The van der Waals surface area contributed by atoms with Crippen molar-refractivity contribution >= 4 is 11.9 Å². The van der Waals surface area contributed by atoms with E-state index in [9.17, 15) is 0 Å². The number of nitrogens with zero attached hydrogens (tertiary/aromatic N) is 6. The third-order valence-electron chi connectivity index (χ3n) is 3.29. The lowest BCUT2D eigenvalue weighted by atomic mass is 10.2. The highest BCUT2D eigenvalue weighted by atomic mass is 15.5. The van der Waals surface area contributed by atoms with E-state index in [0.29, 0.717) is 17.7 Å². The number of nitrogens with two attached hydrogens (primary N) is 1. The third kappa shape index (κ3) is 2.49. The lowest BCUT2D eigenvalue weighted by Crippen LogP contribution is -2.25. The van der Waals surface area contributed by atoms with Crippen LogP contribution in [0.25, 0.3) is 5.82 Å². The molecule has 7 nitrogen and oxygen atoms in total. The summed E-state index contributed by atoms with van der Waals surface area (Å²) in [7, 11) is 0. The topological polar surface area (TPSA) is 85.8 Å². The molecule has 0 amide bonds. The van der Waals surface area contributed by atoms with Gasteiger partial charge in [0.15, 0.2) is 5.82 Å². The standard InChI is InChI=1S/C12H17N7/c13-11-16-12(18-7-3-1-2-4-8-18)17-19(11)10-5-6-14-9-15-10/h5-6,9H,1-4,7-8H2,(H2,13,16,17). The van der Waals surface area contributed by atoms with Crippen molar-refractivity contribution in [2.45, 2.75) is 25.7 Å². The molecule has 0 aromatic carbocycles. The van der Waals surface area contributed by atoms with Crippen LogP contribution in [-0.4, -0.2) is 37.8 Å². The van der Waals surface area contributed by atoms with Crippen molar-refractivity contribution in [2.75, 3.05) is 23.7 Å². The maximum atomic E-state index is 5.92. The Morgan fingerprint density at radius 1 is 1.11 bits per heavy atom. The molecule has 7 heteroatoms. The summed E-state index contributed by atoms with van der Waals surface area (Å²) < 4.78 is 1.56. The molecule has 1 saturated heterocycles. The largest absolute Gasteiger partial charge is 0.368 e. The van der Waals surface area contributed by atoms with Crippen LogP contribution in [0.3, 0.4) is 0 Å². The monoisotopic (exact) mass is 259 g/mol. The Bertz CT molecular complexity index is 528. The highest BCUT2D eigenvalue weighted by molar-refractivity contribution is 5.39. The van der Waals surface area contributed by atoms with E-state index in [1.165, 1.54) is 32.0 Å². The zero-order chi connectivity index (χ0) is 13.1. The average molecular weight is 259 g/mol. The molecule has 2 aromatic rings. The Hall–Kier alpha value is -2.18. The predicted molar refractivity (Wildman–Crippen MR) is 72.0 cm³/mol. The van der Waals surface area contributed by atoms with E-state index in [1.807, 2.05) is 0 Å². The van der Waals surface area contributed by atoms with Gasteiger partial charge in [0, 0.05) is 25.4 Å². The van der Waals surface area contributed by atoms with E-state index in [0.717, 1.165) is 13.1 Å². The van der Waals surface area contributed by atoms with Gasteiger partial charge in [-0.1, -0.05) is 12.8 Å². The SMILES string of the molecule is Nc1nc(N2CCCCCC2)nn1-c1ccncn1. The summed E-state index contributed by atoms with van der Waals surface area (Å²) in [4.78, 5) is 14.6. The molecule has 2 aromatic heterocycles. The fraction of sp³-hybridized carbons (Fsp3) is 0.500. The Morgan fingerprint density at radius 3 is 2.58 bits per heavy atom. The van der Waals surface area contributed by atoms with Gasteiger partial charge in [0.25, 0.3) is 0 Å². The Morgan fingerprint density at radius 2 is 1.89 bits per heavy atom. The maximum absolute atomic E-state index is 5.92. The van der Waals surface area contributed by atoms with Gasteiger partial charge in [-0.3, -0.25) is 0 Å². The van der Waals surface area contributed by atoms with Crippen LogP contribution < -0.4 is 10.6 Å². The van der Waals surface area contributed by atoms with E-state index in [4.69, 9.17) is 5.73 Å². The highest BCUT2D eigenvalue weighted by Gasteiger charge is 2.17. The number of rotatable bonds is 2. The summed E-state index contributed by atoms with van der Waals surface area (Å²) >= 11 is 0. The van der Waals surface area contributed by atoms with Gasteiger partial charge in [-0.15, -0.1) is 5.10 Å². The molecule has 0 bridgehead atoms. The molecule has 19 heavy (non-hydrogen) atoms. The van der Waals surface area contributed by atoms with E-state index in [-0.39, 0.29) is 0 Å². The first-order chi connectivity index (χ1) is 9.34. The van der Waals surface area contributed by atoms with Gasteiger partial charge in [-0.2, -0.15) is 9.67 Å². The molecule has 0 atom stereocenters. The fourth-order valence-electron chi connectivity index (χ4n) is 2.30. The number of hydrogen-bond donors (Lipinski definition) is 1. The summed E-state index contributed by atoms with van der Waals surface area (Å²) in [5, 5.41) is 4.46. The number of nitrogen functional groups attached to an aromatic ring is 1. The maximum Gasteiger partial charge on any atom is 0.247 e. The van der Waals surface area contributed by atoms with Crippen LogP contribution in [0.5, 0.6) is 0 Å². The fourth-order valence-corrected chi connectivity index (χ4v) is 2.30. The first kappa shape index (κ1) is 11.9. The van der Waals surface area contributed by atoms with Crippen molar-refractivity contribution in [2.24, 2.45) is 0 Å². The summed E-state index contributed by atoms with van der Waals surface area (Å²) in [6, 6.07) is 1.76. The second kappa shape index (κ2) is 5.21. The van der Waals surface area contributed by atoms with Gasteiger partial charge in [0.05, 0.1) is 0 Å². The Balaban J connectivity index is 1.88. The third-order valence-corrected chi connectivity index (χ3v) is 3.29. The van der Waals surface area contributed by atoms with Gasteiger partial charge in [0.1, 0.15) is 6.33 Å². The summed E-state index contributed by atoms with van der Waals surface area (Å²) in [6.45, 7) is 1.99. The Kier molecular flexibility index (Phi) is 3.26. The van der Waals surface area contributed by atoms with Crippen LogP contribution in [0.4, 0.5) is 11.9 Å². The molecule has 0 spiro atoms. The molecular formula is C12H17N7. The number of anilines is 2. The van der Waals surface area contributed by atoms with Crippen LogP contribution in [0.15, 0.2) is 18.6 Å². The van der Waals surface area contributed by atoms with Crippen LogP contribution in [0.1, 0.15) is 25.7 Å². The molecule has 1 fully saturated rings. The number of aromatic nitrogens is 5. The first-order valence-corrected chi connectivity index (χ1v) is 6.58. The summed E-state index contributed by atoms with van der Waals surface area (Å²) in [5.74, 6) is 1.69. The van der Waals surface area contributed by atoms with Gasteiger partial charge >= 0.3 is 0 Å². The minimum absolute atomic E-state index is 0.359. The van der Waals surface area contributed by atoms with Crippen LogP contribution in [0, 0.1) is 0 Å². The van der Waals surface area contributed by atoms with Crippen LogP contribution in [0.2, 0.25) is 0 Å². The second-order valence-electron chi connectivity index (χ2n) is 4.65. The minimum atomic E-state index is 0.359. The molecule has 3 rings (SSSR count). The zero-order valence-electron chi connectivity index (χ0n) is 10.7. The van der Waals surface area contributed by atoms with Crippen molar-refractivity contribution in [1.82, 2.24) is 24.7 Å². The molecule has 100 valence electrons. The van der Waals surface area contributed by atoms with Gasteiger partial charge < -0.3 is 10.6 Å². The van der Waals surface area contributed by atoms with Crippen molar-refractivity contribution in [3.8, 4) is 5.82 Å². The average Bonchev–Trinajstić information content (AvgIpc) is 2.67. The van der Waals surface area contributed by atoms with Gasteiger partial charge in [0.2, 0.25) is 11.9 Å². The molecule has 1 aliphatic heterocycles. The lowest BCUT2D eigenvalue weighted by molar-refractivity contribution is 0.726. The van der Waals surface area contributed by atoms with Crippen molar-refractivity contribution in [3.63, 3.8) is 0 Å². The van der Waals surface area contributed by atoms with Crippen molar-refractivity contribution < 1.29 is 0 Å². The molecule has 0 aliphatic carbocycles. The molecule has 0 saturated carbocycles. The molecule has 2 N–H and O–H groups in total. The molecule has 1 aliphatic rings. The summed E-state index contributed by atoms with van der Waals surface area (Å²) in [5.41, 5.74) is 5.92. The first-order valence-electron chi connectivity index (χ1n) is 6.58. The summed E-state index contributed by atoms with van der Waals surface area (Å²) in [6.07, 6.45) is 8.05. The van der Waals surface area contributed by atoms with Crippen molar-refractivity contribution in [1.29, 1.82) is 0 Å². The molecule has 3 heterocycles. The second-order valence-corrected chi connectivity index (χ2v) is 4.65. The van der Waals surface area contributed by atoms with Gasteiger partial charge in [-0.25, -0.2) is 9.97 Å². The van der Waals surface area contributed by atoms with E-state index < -0.39 is 0 Å². The zero-order valence-corrected chi connectivity index (χ0v) is 10.7. The predicted octanol–water partition coefficient (Wildman–Crippen LogP) is 1.02. The number of hydrogen-bond acceptors (Lipinski definition) is 6. The molecule has 0 radical (unpaired) electrons. The van der Waals surface area contributed by atoms with Crippen molar-refractivity contribution in [3.05, 3.63) is 18.6 Å². The molecular weight excluding hydrogens is 242 g/mol. The minimum Gasteiger partial charge on any atom is -0.368 e. The Labute approximate surface area is 111 Å². The van der Waals surface area contributed by atoms with Gasteiger partial charge in [-0.05, 0) is 12.8 Å². The van der Waals surface area contributed by atoms with E-state index in [2.05, 4.69) is 25.0 Å².